The minimum atomic E-state index is 0.575. The highest BCUT2D eigenvalue weighted by Gasteiger charge is 2.25. The number of nitrogens with one attached hydrogen (secondary N) is 2. The number of para-hydroxylation sites is 1. The van der Waals surface area contributed by atoms with Gasteiger partial charge in [0.25, 0.3) is 0 Å². The molecule has 0 unspecified atom stereocenters. The third-order valence-corrected chi connectivity index (χ3v) is 4.71. The standard InChI is InChI=1S/C21H16N6/c22-12-13-4-3-5-15(10-13)20-23-17-7-2-1-6-16(17)21(25-20)24-19-11-18(26-27-19)14-8-9-14/h1-7,10-11,14H,8-9H2,(H2,23,24,25,26,27). The van der Waals surface area contributed by atoms with Crippen LogP contribution in [0.3, 0.4) is 0 Å². The molecule has 0 saturated heterocycles. The summed E-state index contributed by atoms with van der Waals surface area (Å²) >= 11 is 0. The fourth-order valence-electron chi connectivity index (χ4n) is 3.15. The fourth-order valence-corrected chi connectivity index (χ4v) is 3.15. The summed E-state index contributed by atoms with van der Waals surface area (Å²) in [6.45, 7) is 0. The summed E-state index contributed by atoms with van der Waals surface area (Å²) in [5.41, 5.74) is 3.40. The molecule has 1 fully saturated rings. The number of hydrogen-bond acceptors (Lipinski definition) is 5. The molecule has 2 aromatic carbocycles. The van der Waals surface area contributed by atoms with Crippen LogP contribution in [-0.4, -0.2) is 20.2 Å². The molecule has 1 saturated carbocycles. The maximum Gasteiger partial charge on any atom is 0.162 e. The lowest BCUT2D eigenvalue weighted by Gasteiger charge is -2.09. The SMILES string of the molecule is N#Cc1cccc(-c2nc(Nc3cc(C4CC4)[nH]n3)c3ccccc3n2)c1. The van der Waals surface area contributed by atoms with Gasteiger partial charge in [-0.25, -0.2) is 9.97 Å². The van der Waals surface area contributed by atoms with Crippen molar-refractivity contribution in [3.8, 4) is 17.5 Å². The summed E-state index contributed by atoms with van der Waals surface area (Å²) in [4.78, 5) is 9.40. The van der Waals surface area contributed by atoms with E-state index in [0.717, 1.165) is 28.0 Å². The van der Waals surface area contributed by atoms with Gasteiger partial charge in [0.05, 0.1) is 17.1 Å². The van der Waals surface area contributed by atoms with Gasteiger partial charge in [-0.15, -0.1) is 0 Å². The van der Waals surface area contributed by atoms with E-state index in [9.17, 15) is 0 Å². The molecule has 0 bridgehead atoms. The number of H-pyrrole nitrogens is 1. The number of anilines is 2. The van der Waals surface area contributed by atoms with E-state index < -0.39 is 0 Å². The van der Waals surface area contributed by atoms with Crippen molar-refractivity contribution in [2.45, 2.75) is 18.8 Å². The molecule has 2 N–H and O–H groups in total. The number of benzene rings is 2. The number of nitrogens with zero attached hydrogens (tertiary/aromatic N) is 4. The molecule has 0 spiro atoms. The van der Waals surface area contributed by atoms with Gasteiger partial charge < -0.3 is 5.32 Å². The van der Waals surface area contributed by atoms with Crippen molar-refractivity contribution in [1.29, 1.82) is 5.26 Å². The predicted octanol–water partition coefficient (Wildman–Crippen LogP) is 4.51. The Kier molecular flexibility index (Phi) is 3.58. The Hall–Kier alpha value is -3.72. The second kappa shape index (κ2) is 6.22. The van der Waals surface area contributed by atoms with Crippen molar-refractivity contribution >= 4 is 22.5 Å². The number of aromatic amines is 1. The second-order valence-corrected chi connectivity index (χ2v) is 6.71. The third kappa shape index (κ3) is 3.00. The van der Waals surface area contributed by atoms with Crippen molar-refractivity contribution in [1.82, 2.24) is 20.2 Å². The van der Waals surface area contributed by atoms with Gasteiger partial charge in [0.1, 0.15) is 5.82 Å². The maximum atomic E-state index is 9.17. The number of fused-ring (bicyclic) bond motifs is 1. The minimum absolute atomic E-state index is 0.575. The van der Waals surface area contributed by atoms with Crippen LogP contribution in [0.25, 0.3) is 22.3 Å². The van der Waals surface area contributed by atoms with Crippen LogP contribution in [0.5, 0.6) is 0 Å². The lowest BCUT2D eigenvalue weighted by Crippen LogP contribution is -1.99. The van der Waals surface area contributed by atoms with E-state index in [1.807, 2.05) is 42.5 Å². The predicted molar refractivity (Wildman–Crippen MR) is 104 cm³/mol. The Morgan fingerprint density at radius 1 is 1.04 bits per heavy atom. The molecule has 0 radical (unpaired) electrons. The average molecular weight is 352 g/mol. The van der Waals surface area contributed by atoms with Crippen LogP contribution in [0.1, 0.15) is 30.0 Å². The van der Waals surface area contributed by atoms with E-state index in [4.69, 9.17) is 10.2 Å². The van der Waals surface area contributed by atoms with Crippen molar-refractivity contribution in [2.24, 2.45) is 0 Å². The van der Waals surface area contributed by atoms with E-state index in [-0.39, 0.29) is 0 Å². The van der Waals surface area contributed by atoms with Crippen molar-refractivity contribution < 1.29 is 0 Å². The molecular formula is C21H16N6. The molecule has 5 rings (SSSR count). The molecule has 2 heterocycles. The Balaban J connectivity index is 1.60. The summed E-state index contributed by atoms with van der Waals surface area (Å²) in [6.07, 6.45) is 2.44. The van der Waals surface area contributed by atoms with Gasteiger partial charge in [0.2, 0.25) is 0 Å². The van der Waals surface area contributed by atoms with Gasteiger partial charge >= 0.3 is 0 Å². The smallest absolute Gasteiger partial charge is 0.162 e. The molecule has 6 heteroatoms. The third-order valence-electron chi connectivity index (χ3n) is 4.71. The van der Waals surface area contributed by atoms with Crippen LogP contribution < -0.4 is 5.32 Å². The average Bonchev–Trinajstić information content (AvgIpc) is 3.47. The zero-order valence-corrected chi connectivity index (χ0v) is 14.5. The largest absolute Gasteiger partial charge is 0.323 e. The molecule has 1 aliphatic rings. The molecule has 0 amide bonds. The summed E-state index contributed by atoms with van der Waals surface area (Å²) in [5, 5.41) is 20.9. The highest BCUT2D eigenvalue weighted by Crippen LogP contribution is 2.39. The van der Waals surface area contributed by atoms with Crippen LogP contribution in [0.2, 0.25) is 0 Å². The lowest BCUT2D eigenvalue weighted by atomic mass is 10.1. The van der Waals surface area contributed by atoms with E-state index in [1.165, 1.54) is 12.8 Å². The highest BCUT2D eigenvalue weighted by molar-refractivity contribution is 5.92. The van der Waals surface area contributed by atoms with E-state index >= 15 is 0 Å². The normalized spacial score (nSPS) is 13.4. The monoisotopic (exact) mass is 352 g/mol. The van der Waals surface area contributed by atoms with Gasteiger partial charge in [-0.1, -0.05) is 24.3 Å². The molecule has 2 aromatic heterocycles. The quantitative estimate of drug-likeness (QED) is 0.564. The van der Waals surface area contributed by atoms with Crippen molar-refractivity contribution in [3.63, 3.8) is 0 Å². The van der Waals surface area contributed by atoms with Gasteiger partial charge in [-0.3, -0.25) is 5.10 Å². The molecule has 27 heavy (non-hydrogen) atoms. The Morgan fingerprint density at radius 3 is 2.78 bits per heavy atom. The van der Waals surface area contributed by atoms with Crippen LogP contribution in [-0.2, 0) is 0 Å². The molecule has 1 aliphatic carbocycles. The molecule has 6 nitrogen and oxygen atoms in total. The van der Waals surface area contributed by atoms with E-state index in [0.29, 0.717) is 23.1 Å². The van der Waals surface area contributed by atoms with Crippen LogP contribution in [0, 0.1) is 11.3 Å². The zero-order chi connectivity index (χ0) is 18.2. The second-order valence-electron chi connectivity index (χ2n) is 6.71. The van der Waals surface area contributed by atoms with Crippen LogP contribution in [0.15, 0.2) is 54.6 Å². The zero-order valence-electron chi connectivity index (χ0n) is 14.5. The minimum Gasteiger partial charge on any atom is -0.323 e. The Morgan fingerprint density at radius 2 is 1.93 bits per heavy atom. The number of hydrogen-bond donors (Lipinski definition) is 2. The maximum absolute atomic E-state index is 9.17. The first-order chi connectivity index (χ1) is 13.3. The Labute approximate surface area is 155 Å². The fraction of sp³-hybridized carbons (Fsp3) is 0.143. The lowest BCUT2D eigenvalue weighted by molar-refractivity contribution is 0.966. The van der Waals surface area contributed by atoms with Crippen LogP contribution >= 0.6 is 0 Å². The number of aromatic nitrogens is 4. The first-order valence-corrected chi connectivity index (χ1v) is 8.90. The first kappa shape index (κ1) is 15.5. The molecule has 130 valence electrons. The number of nitriles is 1. The molecule has 0 atom stereocenters. The van der Waals surface area contributed by atoms with Crippen LogP contribution in [0.4, 0.5) is 11.6 Å². The number of rotatable bonds is 4. The van der Waals surface area contributed by atoms with E-state index in [1.54, 1.807) is 12.1 Å². The summed E-state index contributed by atoms with van der Waals surface area (Å²) in [6, 6.07) is 19.4. The summed E-state index contributed by atoms with van der Waals surface area (Å²) < 4.78 is 0. The first-order valence-electron chi connectivity index (χ1n) is 8.90. The molecule has 0 aliphatic heterocycles. The van der Waals surface area contributed by atoms with E-state index in [2.05, 4.69) is 26.6 Å². The molecular weight excluding hydrogens is 336 g/mol. The van der Waals surface area contributed by atoms with Crippen molar-refractivity contribution in [3.05, 3.63) is 65.9 Å². The highest BCUT2D eigenvalue weighted by atomic mass is 15.2. The molecule has 4 aromatic rings. The summed E-state index contributed by atoms with van der Waals surface area (Å²) in [5.74, 6) is 2.63. The topological polar surface area (TPSA) is 90.3 Å². The van der Waals surface area contributed by atoms with Crippen molar-refractivity contribution in [2.75, 3.05) is 5.32 Å². The van der Waals surface area contributed by atoms with Gasteiger partial charge in [0.15, 0.2) is 11.6 Å². The Bertz CT molecular complexity index is 1180. The van der Waals surface area contributed by atoms with Gasteiger partial charge in [-0.05, 0) is 37.1 Å². The van der Waals surface area contributed by atoms with Gasteiger partial charge in [-0.2, -0.15) is 10.4 Å². The van der Waals surface area contributed by atoms with Gasteiger partial charge in [0, 0.05) is 28.6 Å². The summed E-state index contributed by atoms with van der Waals surface area (Å²) in [7, 11) is 0.